The summed E-state index contributed by atoms with van der Waals surface area (Å²) in [6.07, 6.45) is -3.64. The number of rotatable bonds is 1. The Morgan fingerprint density at radius 3 is 2.59 bits per heavy atom. The van der Waals surface area contributed by atoms with E-state index in [-0.39, 0.29) is 18.0 Å². The fourth-order valence-electron chi connectivity index (χ4n) is 3.31. The Kier molecular flexibility index (Phi) is 5.02. The molecule has 22 heavy (non-hydrogen) atoms. The number of amides is 1. The molecule has 0 aliphatic carbocycles. The van der Waals surface area contributed by atoms with Gasteiger partial charge in [0, 0.05) is 13.1 Å². The molecule has 2 aliphatic rings. The van der Waals surface area contributed by atoms with Gasteiger partial charge in [-0.2, -0.15) is 13.2 Å². The molecule has 7 heteroatoms. The fourth-order valence-corrected chi connectivity index (χ4v) is 3.31. The minimum Gasteiger partial charge on any atom is -0.338 e. The Hall–Kier alpha value is -1.27. The lowest BCUT2D eigenvalue weighted by molar-refractivity contribution is -0.138. The van der Waals surface area contributed by atoms with Crippen molar-refractivity contribution >= 4 is 18.3 Å². The van der Waals surface area contributed by atoms with Crippen LogP contribution >= 0.6 is 12.4 Å². The minimum atomic E-state index is -4.50. The molecule has 1 aromatic rings. The summed E-state index contributed by atoms with van der Waals surface area (Å²) < 4.78 is 39.0. The number of carbonyl (C=O) groups is 1. The molecule has 2 atom stereocenters. The Morgan fingerprint density at radius 2 is 1.86 bits per heavy atom. The van der Waals surface area contributed by atoms with Crippen LogP contribution in [0.3, 0.4) is 0 Å². The van der Waals surface area contributed by atoms with Gasteiger partial charge in [0.15, 0.2) is 0 Å². The van der Waals surface area contributed by atoms with E-state index in [1.54, 1.807) is 4.90 Å². The third-order valence-corrected chi connectivity index (χ3v) is 4.45. The third-order valence-electron chi connectivity index (χ3n) is 4.45. The number of hydrogen-bond acceptors (Lipinski definition) is 2. The fraction of sp³-hybridized carbons (Fsp3) is 0.533. The number of carbonyl (C=O) groups excluding carboxylic acids is 1. The van der Waals surface area contributed by atoms with Crippen LogP contribution in [0, 0.1) is 11.8 Å². The first kappa shape index (κ1) is 17.1. The average Bonchev–Trinajstić information content (AvgIpc) is 2.93. The normalized spacial score (nSPS) is 24.6. The second-order valence-corrected chi connectivity index (χ2v) is 5.76. The van der Waals surface area contributed by atoms with Crippen LogP contribution in [0.1, 0.15) is 22.3 Å². The maximum Gasteiger partial charge on any atom is 0.417 e. The van der Waals surface area contributed by atoms with E-state index in [1.807, 2.05) is 0 Å². The van der Waals surface area contributed by atoms with E-state index in [2.05, 4.69) is 5.32 Å². The molecule has 0 radical (unpaired) electrons. The van der Waals surface area contributed by atoms with Crippen molar-refractivity contribution in [2.45, 2.75) is 12.6 Å². The maximum atomic E-state index is 13.0. The second-order valence-electron chi connectivity index (χ2n) is 5.76. The van der Waals surface area contributed by atoms with E-state index in [4.69, 9.17) is 0 Å². The van der Waals surface area contributed by atoms with Gasteiger partial charge in [-0.1, -0.05) is 12.1 Å². The summed E-state index contributed by atoms with van der Waals surface area (Å²) in [4.78, 5) is 14.0. The van der Waals surface area contributed by atoms with E-state index in [0.717, 1.165) is 25.6 Å². The Morgan fingerprint density at radius 1 is 1.18 bits per heavy atom. The number of nitrogens with zero attached hydrogens (tertiary/aromatic N) is 1. The Bertz CT molecular complexity index is 550. The number of fused-ring (bicyclic) bond motifs is 1. The van der Waals surface area contributed by atoms with Crippen LogP contribution in [0.4, 0.5) is 13.2 Å². The van der Waals surface area contributed by atoms with Crippen LogP contribution in [0.25, 0.3) is 0 Å². The largest absolute Gasteiger partial charge is 0.417 e. The SMILES string of the molecule is Cl.O=C(c1ccccc1C(F)(F)F)N1CCC2CNCC2C1. The lowest BCUT2D eigenvalue weighted by atomic mass is 9.88. The first-order chi connectivity index (χ1) is 9.97. The molecule has 2 unspecified atom stereocenters. The van der Waals surface area contributed by atoms with Gasteiger partial charge in [0.25, 0.3) is 5.91 Å². The van der Waals surface area contributed by atoms with Gasteiger partial charge in [-0.15, -0.1) is 12.4 Å². The van der Waals surface area contributed by atoms with Crippen molar-refractivity contribution in [2.24, 2.45) is 11.8 Å². The summed E-state index contributed by atoms with van der Waals surface area (Å²) in [5.41, 5.74) is -1.09. The molecule has 3 rings (SSSR count). The molecule has 0 spiro atoms. The number of halogens is 4. The second kappa shape index (κ2) is 6.46. The van der Waals surface area contributed by atoms with Crippen LogP contribution in [-0.2, 0) is 6.18 Å². The van der Waals surface area contributed by atoms with Crippen molar-refractivity contribution < 1.29 is 18.0 Å². The molecule has 1 N–H and O–H groups in total. The van der Waals surface area contributed by atoms with E-state index >= 15 is 0 Å². The van der Waals surface area contributed by atoms with Crippen molar-refractivity contribution in [1.29, 1.82) is 0 Å². The molecule has 2 aliphatic heterocycles. The number of likely N-dealkylation sites (tertiary alicyclic amines) is 1. The zero-order valence-electron chi connectivity index (χ0n) is 11.9. The topological polar surface area (TPSA) is 32.3 Å². The summed E-state index contributed by atoms with van der Waals surface area (Å²) in [5.74, 6) is 0.404. The highest BCUT2D eigenvalue weighted by Gasteiger charge is 2.38. The first-order valence-electron chi connectivity index (χ1n) is 7.13. The van der Waals surface area contributed by atoms with E-state index in [0.29, 0.717) is 24.9 Å². The van der Waals surface area contributed by atoms with Gasteiger partial charge < -0.3 is 10.2 Å². The molecule has 122 valence electrons. The van der Waals surface area contributed by atoms with Crippen molar-refractivity contribution in [3.05, 3.63) is 35.4 Å². The average molecular weight is 335 g/mol. The monoisotopic (exact) mass is 334 g/mol. The highest BCUT2D eigenvalue weighted by Crippen LogP contribution is 2.33. The van der Waals surface area contributed by atoms with Gasteiger partial charge in [-0.05, 0) is 43.5 Å². The summed E-state index contributed by atoms with van der Waals surface area (Å²) in [6.45, 7) is 2.87. The predicted octanol–water partition coefficient (Wildman–Crippen LogP) is 2.81. The van der Waals surface area contributed by atoms with Crippen LogP contribution in [0.2, 0.25) is 0 Å². The van der Waals surface area contributed by atoms with Crippen molar-refractivity contribution in [1.82, 2.24) is 10.2 Å². The molecule has 3 nitrogen and oxygen atoms in total. The van der Waals surface area contributed by atoms with Gasteiger partial charge in [-0.3, -0.25) is 4.79 Å². The smallest absolute Gasteiger partial charge is 0.338 e. The highest BCUT2D eigenvalue weighted by molar-refractivity contribution is 5.96. The summed E-state index contributed by atoms with van der Waals surface area (Å²) in [5, 5.41) is 3.28. The van der Waals surface area contributed by atoms with Gasteiger partial charge >= 0.3 is 6.18 Å². The van der Waals surface area contributed by atoms with Crippen molar-refractivity contribution in [2.75, 3.05) is 26.2 Å². The van der Waals surface area contributed by atoms with Gasteiger partial charge in [0.05, 0.1) is 11.1 Å². The van der Waals surface area contributed by atoms with Gasteiger partial charge in [-0.25, -0.2) is 0 Å². The predicted molar refractivity (Wildman–Crippen MR) is 79.1 cm³/mol. The molecule has 2 heterocycles. The zero-order chi connectivity index (χ0) is 15.0. The maximum absolute atomic E-state index is 13.0. The molecule has 1 amide bonds. The Balaban J connectivity index is 0.00000176. The standard InChI is InChI=1S/C15H17F3N2O.ClH/c16-15(17,18)13-4-2-1-3-12(13)14(21)20-6-5-10-7-19-8-11(10)9-20;/h1-4,10-11,19H,5-9H2;1H. The summed E-state index contributed by atoms with van der Waals surface area (Å²) in [7, 11) is 0. The van der Waals surface area contributed by atoms with E-state index in [1.165, 1.54) is 18.2 Å². The van der Waals surface area contributed by atoms with Crippen molar-refractivity contribution in [3.8, 4) is 0 Å². The number of alkyl halides is 3. The molecule has 2 saturated heterocycles. The quantitative estimate of drug-likeness (QED) is 0.856. The van der Waals surface area contributed by atoms with Crippen LogP contribution in [-0.4, -0.2) is 37.0 Å². The third kappa shape index (κ3) is 3.22. The minimum absolute atomic E-state index is 0. The number of nitrogens with one attached hydrogen (secondary N) is 1. The molecular formula is C15H18ClF3N2O. The van der Waals surface area contributed by atoms with Crippen LogP contribution < -0.4 is 5.32 Å². The summed E-state index contributed by atoms with van der Waals surface area (Å²) in [6, 6.07) is 5.03. The highest BCUT2D eigenvalue weighted by atomic mass is 35.5. The molecular weight excluding hydrogens is 317 g/mol. The van der Waals surface area contributed by atoms with Crippen LogP contribution in [0.5, 0.6) is 0 Å². The van der Waals surface area contributed by atoms with E-state index < -0.39 is 17.6 Å². The molecule has 0 bridgehead atoms. The Labute approximate surface area is 133 Å². The zero-order valence-corrected chi connectivity index (χ0v) is 12.7. The number of benzene rings is 1. The number of piperidine rings is 1. The summed E-state index contributed by atoms with van der Waals surface area (Å²) >= 11 is 0. The molecule has 0 aromatic heterocycles. The molecule has 2 fully saturated rings. The number of hydrogen-bond donors (Lipinski definition) is 1. The lowest BCUT2D eigenvalue weighted by Gasteiger charge is -2.35. The van der Waals surface area contributed by atoms with Crippen molar-refractivity contribution in [3.63, 3.8) is 0 Å². The van der Waals surface area contributed by atoms with Gasteiger partial charge in [0.2, 0.25) is 0 Å². The first-order valence-corrected chi connectivity index (χ1v) is 7.13. The van der Waals surface area contributed by atoms with Crippen LogP contribution in [0.15, 0.2) is 24.3 Å². The van der Waals surface area contributed by atoms with E-state index in [9.17, 15) is 18.0 Å². The molecule has 0 saturated carbocycles. The van der Waals surface area contributed by atoms with Gasteiger partial charge in [0.1, 0.15) is 0 Å². The lowest BCUT2D eigenvalue weighted by Crippen LogP contribution is -2.43. The molecule has 1 aromatic carbocycles.